The van der Waals surface area contributed by atoms with E-state index in [0.717, 1.165) is 19.6 Å². The minimum absolute atomic E-state index is 0.214. The number of rotatable bonds is 9. The summed E-state index contributed by atoms with van der Waals surface area (Å²) in [6.45, 7) is 29.2. The average Bonchev–Trinajstić information content (AvgIpc) is 3.05. The molecule has 1 saturated carbocycles. The van der Waals surface area contributed by atoms with Crippen LogP contribution in [0.25, 0.3) is 6.08 Å². The Kier molecular flexibility index (Phi) is 9.23. The quantitative estimate of drug-likeness (QED) is 0.256. The first kappa shape index (κ1) is 28.3. The molecule has 2 rings (SSSR count). The fourth-order valence-corrected chi connectivity index (χ4v) is 6.21. The summed E-state index contributed by atoms with van der Waals surface area (Å²) in [5.74, 6) is 1.85. The molecule has 0 radical (unpaired) electrons. The van der Waals surface area contributed by atoms with E-state index in [1.54, 1.807) is 0 Å². The van der Waals surface area contributed by atoms with Crippen LogP contribution in [0.4, 0.5) is 0 Å². The average molecular weight is 487 g/mol. The Morgan fingerprint density at radius 1 is 0.818 bits per heavy atom. The second kappa shape index (κ2) is 10.8. The van der Waals surface area contributed by atoms with Crippen molar-refractivity contribution in [2.45, 2.75) is 84.2 Å². The molecule has 4 atom stereocenters. The van der Waals surface area contributed by atoms with Crippen LogP contribution in [0.3, 0.4) is 0 Å². The van der Waals surface area contributed by atoms with Crippen LogP contribution in [-0.4, -0.2) is 29.8 Å². The van der Waals surface area contributed by atoms with E-state index in [9.17, 15) is 0 Å². The number of benzene rings is 1. The molecule has 1 fully saturated rings. The lowest BCUT2D eigenvalue weighted by Crippen LogP contribution is -2.45. The SMILES string of the molecule is C=CC1CC(C=Cc2ccccc2)C(CO[Si](C)(C)C(C)(C)C)C1CO[Si](C)(C)C(C)(C)C. The normalized spacial score (nSPS) is 25.0. The number of allylic oxidation sites excluding steroid dienone is 2. The summed E-state index contributed by atoms with van der Waals surface area (Å²) in [5, 5.41) is 0.432. The Hall–Kier alpha value is -0.946. The third kappa shape index (κ3) is 7.27. The lowest BCUT2D eigenvalue weighted by Gasteiger charge is -2.40. The lowest BCUT2D eigenvalue weighted by molar-refractivity contribution is 0.124. The number of hydrogen-bond donors (Lipinski definition) is 0. The van der Waals surface area contributed by atoms with E-state index in [1.165, 1.54) is 5.56 Å². The monoisotopic (exact) mass is 486 g/mol. The highest BCUT2D eigenvalue weighted by atomic mass is 28.4. The predicted octanol–water partition coefficient (Wildman–Crippen LogP) is 8.80. The van der Waals surface area contributed by atoms with Gasteiger partial charge >= 0.3 is 0 Å². The Morgan fingerprint density at radius 3 is 1.70 bits per heavy atom. The van der Waals surface area contributed by atoms with Crippen LogP contribution in [0.2, 0.25) is 36.3 Å². The Labute approximate surface area is 207 Å². The highest BCUT2D eigenvalue weighted by Crippen LogP contribution is 2.46. The van der Waals surface area contributed by atoms with Gasteiger partial charge in [0.15, 0.2) is 16.6 Å². The fourth-order valence-electron chi connectivity index (χ4n) is 4.13. The van der Waals surface area contributed by atoms with E-state index >= 15 is 0 Å². The van der Waals surface area contributed by atoms with Gasteiger partial charge in [-0.2, -0.15) is 0 Å². The highest BCUT2D eigenvalue weighted by molar-refractivity contribution is 6.74. The van der Waals surface area contributed by atoms with E-state index in [-0.39, 0.29) is 10.1 Å². The molecule has 0 amide bonds. The molecule has 4 unspecified atom stereocenters. The largest absolute Gasteiger partial charge is 0.417 e. The van der Waals surface area contributed by atoms with Crippen LogP contribution in [-0.2, 0) is 8.85 Å². The molecule has 4 heteroatoms. The van der Waals surface area contributed by atoms with Crippen LogP contribution in [0.5, 0.6) is 0 Å². The minimum atomic E-state index is -1.82. The summed E-state index contributed by atoms with van der Waals surface area (Å²) >= 11 is 0. The van der Waals surface area contributed by atoms with Gasteiger partial charge in [0.2, 0.25) is 0 Å². The van der Waals surface area contributed by atoms with E-state index in [2.05, 4.69) is 123 Å². The van der Waals surface area contributed by atoms with Crippen LogP contribution >= 0.6 is 0 Å². The van der Waals surface area contributed by atoms with Gasteiger partial charge < -0.3 is 8.85 Å². The molecule has 0 heterocycles. The van der Waals surface area contributed by atoms with Crippen molar-refractivity contribution in [1.82, 2.24) is 0 Å². The second-order valence-corrected chi connectivity index (χ2v) is 22.7. The van der Waals surface area contributed by atoms with Crippen molar-refractivity contribution in [2.24, 2.45) is 23.7 Å². The van der Waals surface area contributed by atoms with Crippen molar-refractivity contribution in [2.75, 3.05) is 13.2 Å². The van der Waals surface area contributed by atoms with Crippen molar-refractivity contribution < 1.29 is 8.85 Å². The highest BCUT2D eigenvalue weighted by Gasteiger charge is 2.45. The summed E-state index contributed by atoms with van der Waals surface area (Å²) in [4.78, 5) is 0. The summed E-state index contributed by atoms with van der Waals surface area (Å²) < 4.78 is 13.6. The molecule has 33 heavy (non-hydrogen) atoms. The standard InChI is InChI=1S/C29H50O2Si2/c1-12-24-20-25(19-18-23-16-14-13-15-17-23)27(22-31-33(10,11)29(5,6)7)26(24)21-30-32(8,9)28(2,3)4/h12-19,24-27H,1,20-22H2,2-11H3. The number of hydrogen-bond acceptors (Lipinski definition) is 2. The van der Waals surface area contributed by atoms with E-state index in [0.29, 0.717) is 23.7 Å². The molecule has 186 valence electrons. The Balaban J connectivity index is 2.29. The van der Waals surface area contributed by atoms with E-state index in [4.69, 9.17) is 8.85 Å². The van der Waals surface area contributed by atoms with Crippen molar-refractivity contribution in [3.05, 3.63) is 54.6 Å². The van der Waals surface area contributed by atoms with Gasteiger partial charge in [0, 0.05) is 13.2 Å². The third-order valence-electron chi connectivity index (χ3n) is 8.72. The summed E-state index contributed by atoms with van der Waals surface area (Å²) in [6.07, 6.45) is 8.03. The van der Waals surface area contributed by atoms with Crippen LogP contribution in [0.15, 0.2) is 49.1 Å². The van der Waals surface area contributed by atoms with Crippen molar-refractivity contribution >= 4 is 22.7 Å². The predicted molar refractivity (Wildman–Crippen MR) is 151 cm³/mol. The second-order valence-electron chi connectivity index (χ2n) is 13.0. The zero-order chi connectivity index (χ0) is 25.1. The zero-order valence-electron chi connectivity index (χ0n) is 23.1. The minimum Gasteiger partial charge on any atom is -0.417 e. The Morgan fingerprint density at radius 2 is 1.27 bits per heavy atom. The van der Waals surface area contributed by atoms with E-state index in [1.807, 2.05) is 0 Å². The van der Waals surface area contributed by atoms with Gasteiger partial charge in [0.25, 0.3) is 0 Å². The molecule has 0 aliphatic heterocycles. The molecular formula is C29H50O2Si2. The van der Waals surface area contributed by atoms with Crippen molar-refractivity contribution in [1.29, 1.82) is 0 Å². The fraction of sp³-hybridized carbons (Fsp3) is 0.655. The molecule has 2 nitrogen and oxygen atoms in total. The van der Waals surface area contributed by atoms with Crippen LogP contribution in [0, 0.1) is 23.7 Å². The maximum absolute atomic E-state index is 6.81. The molecule has 0 spiro atoms. The molecule has 0 bridgehead atoms. The van der Waals surface area contributed by atoms with Crippen LogP contribution < -0.4 is 0 Å². The first-order valence-electron chi connectivity index (χ1n) is 12.7. The maximum Gasteiger partial charge on any atom is 0.191 e. The van der Waals surface area contributed by atoms with Gasteiger partial charge in [-0.25, -0.2) is 0 Å². The van der Waals surface area contributed by atoms with Crippen molar-refractivity contribution in [3.63, 3.8) is 0 Å². The molecule has 1 aliphatic carbocycles. The first-order valence-corrected chi connectivity index (χ1v) is 18.5. The van der Waals surface area contributed by atoms with Crippen molar-refractivity contribution in [3.8, 4) is 0 Å². The van der Waals surface area contributed by atoms with Gasteiger partial charge in [-0.1, -0.05) is 90.1 Å². The summed E-state index contributed by atoms with van der Waals surface area (Å²) in [7, 11) is -3.63. The van der Waals surface area contributed by atoms with Crippen LogP contribution in [0.1, 0.15) is 53.5 Å². The third-order valence-corrected chi connectivity index (χ3v) is 17.7. The smallest absolute Gasteiger partial charge is 0.191 e. The summed E-state index contributed by atoms with van der Waals surface area (Å²) in [5.41, 5.74) is 1.26. The molecule has 0 N–H and O–H groups in total. The maximum atomic E-state index is 6.81. The van der Waals surface area contributed by atoms with E-state index < -0.39 is 16.6 Å². The molecule has 0 saturated heterocycles. The lowest BCUT2D eigenvalue weighted by atomic mass is 9.88. The molecule has 1 aliphatic rings. The molecule has 1 aromatic rings. The zero-order valence-corrected chi connectivity index (χ0v) is 25.1. The van der Waals surface area contributed by atoms with Gasteiger partial charge in [-0.15, -0.1) is 6.58 Å². The first-order chi connectivity index (χ1) is 15.1. The Bertz CT molecular complexity index is 784. The van der Waals surface area contributed by atoms with Gasteiger partial charge in [0.1, 0.15) is 0 Å². The molecule has 1 aromatic carbocycles. The molecule has 0 aromatic heterocycles. The topological polar surface area (TPSA) is 18.5 Å². The van der Waals surface area contributed by atoms with Gasteiger partial charge in [-0.05, 0) is 71.9 Å². The van der Waals surface area contributed by atoms with Gasteiger partial charge in [0.05, 0.1) is 0 Å². The summed E-state index contributed by atoms with van der Waals surface area (Å²) in [6, 6.07) is 10.6. The van der Waals surface area contributed by atoms with Gasteiger partial charge in [-0.3, -0.25) is 0 Å². The molecular weight excluding hydrogens is 436 g/mol.